The first-order valence-electron chi connectivity index (χ1n) is 7.38. The third kappa shape index (κ3) is 3.94. The highest BCUT2D eigenvalue weighted by atomic mass is 15.2. The van der Waals surface area contributed by atoms with E-state index in [9.17, 15) is 0 Å². The number of nitrogens with one attached hydrogen (secondary N) is 1. The van der Waals surface area contributed by atoms with Gasteiger partial charge in [-0.15, -0.1) is 0 Å². The van der Waals surface area contributed by atoms with Crippen molar-refractivity contribution in [2.75, 3.05) is 19.6 Å². The molecule has 3 heteroatoms. The molecule has 0 aromatic heterocycles. The summed E-state index contributed by atoms with van der Waals surface area (Å²) in [4.78, 5) is 2.60. The standard InChI is InChI=1S/C14H29N3/c1-11(2)17-7-6-12(10-17)9-16-14-5-3-4-13(15)8-14/h11-14,16H,3-10,15H2,1-2H3. The van der Waals surface area contributed by atoms with Crippen molar-refractivity contribution < 1.29 is 0 Å². The Morgan fingerprint density at radius 1 is 1.29 bits per heavy atom. The molecule has 0 spiro atoms. The molecular formula is C14H29N3. The number of nitrogens with two attached hydrogens (primary N) is 1. The predicted molar refractivity (Wildman–Crippen MR) is 73.1 cm³/mol. The number of hydrogen-bond donors (Lipinski definition) is 2. The van der Waals surface area contributed by atoms with Crippen molar-refractivity contribution >= 4 is 0 Å². The molecule has 0 aromatic rings. The van der Waals surface area contributed by atoms with Crippen LogP contribution >= 0.6 is 0 Å². The first-order chi connectivity index (χ1) is 8.15. The van der Waals surface area contributed by atoms with Gasteiger partial charge in [-0.2, -0.15) is 0 Å². The van der Waals surface area contributed by atoms with Gasteiger partial charge in [-0.25, -0.2) is 0 Å². The second kappa shape index (κ2) is 6.17. The van der Waals surface area contributed by atoms with Gasteiger partial charge in [-0.05, 0) is 58.5 Å². The Labute approximate surface area is 106 Å². The molecule has 0 radical (unpaired) electrons. The van der Waals surface area contributed by atoms with Crippen LogP contribution in [-0.4, -0.2) is 42.7 Å². The SMILES string of the molecule is CC(C)N1CCC(CNC2CCCC(N)C2)C1. The van der Waals surface area contributed by atoms with Crippen LogP contribution in [0.25, 0.3) is 0 Å². The van der Waals surface area contributed by atoms with E-state index in [2.05, 4.69) is 24.1 Å². The van der Waals surface area contributed by atoms with Crippen LogP contribution < -0.4 is 11.1 Å². The van der Waals surface area contributed by atoms with Gasteiger partial charge < -0.3 is 16.0 Å². The third-order valence-corrected chi connectivity index (χ3v) is 4.46. The quantitative estimate of drug-likeness (QED) is 0.782. The highest BCUT2D eigenvalue weighted by molar-refractivity contribution is 4.83. The monoisotopic (exact) mass is 239 g/mol. The summed E-state index contributed by atoms with van der Waals surface area (Å²) in [6.07, 6.45) is 6.41. The Morgan fingerprint density at radius 3 is 2.76 bits per heavy atom. The Balaban J connectivity index is 1.65. The van der Waals surface area contributed by atoms with E-state index in [1.807, 2.05) is 0 Å². The number of nitrogens with zero attached hydrogens (tertiary/aromatic N) is 1. The molecule has 2 fully saturated rings. The van der Waals surface area contributed by atoms with E-state index in [0.717, 1.165) is 5.92 Å². The normalized spacial score (nSPS) is 35.6. The van der Waals surface area contributed by atoms with Crippen LogP contribution in [-0.2, 0) is 0 Å². The summed E-state index contributed by atoms with van der Waals surface area (Å²) in [5, 5.41) is 3.75. The summed E-state index contributed by atoms with van der Waals surface area (Å²) < 4.78 is 0. The molecule has 1 heterocycles. The zero-order chi connectivity index (χ0) is 12.3. The average Bonchev–Trinajstić information content (AvgIpc) is 2.75. The largest absolute Gasteiger partial charge is 0.328 e. The van der Waals surface area contributed by atoms with Gasteiger partial charge in [0.15, 0.2) is 0 Å². The van der Waals surface area contributed by atoms with Gasteiger partial charge in [0, 0.05) is 24.7 Å². The smallest absolute Gasteiger partial charge is 0.00819 e. The van der Waals surface area contributed by atoms with Gasteiger partial charge in [-0.1, -0.05) is 6.42 Å². The molecule has 1 aliphatic carbocycles. The first kappa shape index (κ1) is 13.3. The molecule has 17 heavy (non-hydrogen) atoms. The maximum absolute atomic E-state index is 6.02. The zero-order valence-corrected chi connectivity index (χ0v) is 11.5. The molecule has 1 aliphatic heterocycles. The van der Waals surface area contributed by atoms with Crippen molar-refractivity contribution in [2.45, 2.75) is 64.1 Å². The molecule has 3 unspecified atom stereocenters. The minimum Gasteiger partial charge on any atom is -0.328 e. The fourth-order valence-corrected chi connectivity index (χ4v) is 3.24. The van der Waals surface area contributed by atoms with Crippen LogP contribution in [0.1, 0.15) is 46.0 Å². The lowest BCUT2D eigenvalue weighted by Gasteiger charge is -2.28. The van der Waals surface area contributed by atoms with Crippen molar-refractivity contribution in [1.82, 2.24) is 10.2 Å². The lowest BCUT2D eigenvalue weighted by atomic mass is 9.91. The van der Waals surface area contributed by atoms with Crippen LogP contribution in [0.4, 0.5) is 0 Å². The highest BCUT2D eigenvalue weighted by Gasteiger charge is 2.25. The number of rotatable bonds is 4. The molecule has 100 valence electrons. The van der Waals surface area contributed by atoms with E-state index in [0.29, 0.717) is 18.1 Å². The lowest BCUT2D eigenvalue weighted by molar-refractivity contribution is 0.259. The molecule has 0 bridgehead atoms. The second-order valence-corrected chi connectivity index (χ2v) is 6.28. The maximum atomic E-state index is 6.02. The minimum atomic E-state index is 0.442. The highest BCUT2D eigenvalue weighted by Crippen LogP contribution is 2.20. The predicted octanol–water partition coefficient (Wildman–Crippen LogP) is 1.58. The fraction of sp³-hybridized carbons (Fsp3) is 1.00. The molecule has 3 atom stereocenters. The topological polar surface area (TPSA) is 41.3 Å². The Bertz CT molecular complexity index is 230. The molecule has 3 nitrogen and oxygen atoms in total. The van der Waals surface area contributed by atoms with Crippen molar-refractivity contribution in [3.05, 3.63) is 0 Å². The van der Waals surface area contributed by atoms with Crippen LogP contribution in [0.15, 0.2) is 0 Å². The van der Waals surface area contributed by atoms with Gasteiger partial charge in [0.05, 0.1) is 0 Å². The molecular weight excluding hydrogens is 210 g/mol. The van der Waals surface area contributed by atoms with E-state index in [1.54, 1.807) is 0 Å². The first-order valence-corrected chi connectivity index (χ1v) is 7.38. The van der Waals surface area contributed by atoms with Gasteiger partial charge in [0.25, 0.3) is 0 Å². The number of hydrogen-bond acceptors (Lipinski definition) is 3. The van der Waals surface area contributed by atoms with Crippen LogP contribution in [0.2, 0.25) is 0 Å². The Morgan fingerprint density at radius 2 is 2.12 bits per heavy atom. The van der Waals surface area contributed by atoms with E-state index in [4.69, 9.17) is 5.73 Å². The minimum absolute atomic E-state index is 0.442. The molecule has 1 saturated heterocycles. The fourth-order valence-electron chi connectivity index (χ4n) is 3.24. The van der Waals surface area contributed by atoms with Gasteiger partial charge in [0.1, 0.15) is 0 Å². The third-order valence-electron chi connectivity index (χ3n) is 4.46. The van der Waals surface area contributed by atoms with Crippen molar-refractivity contribution in [2.24, 2.45) is 11.7 Å². The Kier molecular flexibility index (Phi) is 4.83. The van der Waals surface area contributed by atoms with Crippen molar-refractivity contribution in [1.29, 1.82) is 0 Å². The summed E-state index contributed by atoms with van der Waals surface area (Å²) >= 11 is 0. The van der Waals surface area contributed by atoms with Crippen LogP contribution in [0.5, 0.6) is 0 Å². The zero-order valence-electron chi connectivity index (χ0n) is 11.5. The van der Waals surface area contributed by atoms with E-state index >= 15 is 0 Å². The van der Waals surface area contributed by atoms with E-state index in [-0.39, 0.29) is 0 Å². The van der Waals surface area contributed by atoms with E-state index < -0.39 is 0 Å². The molecule has 1 saturated carbocycles. The maximum Gasteiger partial charge on any atom is 0.00819 e. The average molecular weight is 239 g/mol. The summed E-state index contributed by atoms with van der Waals surface area (Å²) in [5.41, 5.74) is 6.02. The van der Waals surface area contributed by atoms with Gasteiger partial charge >= 0.3 is 0 Å². The van der Waals surface area contributed by atoms with Crippen LogP contribution in [0, 0.1) is 5.92 Å². The second-order valence-electron chi connectivity index (χ2n) is 6.28. The summed E-state index contributed by atoms with van der Waals surface area (Å²) in [6, 6.07) is 1.84. The lowest BCUT2D eigenvalue weighted by Crippen LogP contribution is -2.41. The van der Waals surface area contributed by atoms with E-state index in [1.165, 1.54) is 51.7 Å². The molecule has 3 N–H and O–H groups in total. The van der Waals surface area contributed by atoms with Crippen LogP contribution in [0.3, 0.4) is 0 Å². The van der Waals surface area contributed by atoms with Crippen molar-refractivity contribution in [3.8, 4) is 0 Å². The molecule has 2 rings (SSSR count). The summed E-state index contributed by atoms with van der Waals surface area (Å²) in [5.74, 6) is 0.857. The van der Waals surface area contributed by atoms with Gasteiger partial charge in [-0.3, -0.25) is 0 Å². The van der Waals surface area contributed by atoms with Crippen molar-refractivity contribution in [3.63, 3.8) is 0 Å². The summed E-state index contributed by atoms with van der Waals surface area (Å²) in [7, 11) is 0. The molecule has 0 amide bonds. The molecule has 2 aliphatic rings. The van der Waals surface area contributed by atoms with Gasteiger partial charge in [0.2, 0.25) is 0 Å². The molecule has 0 aromatic carbocycles. The summed E-state index contributed by atoms with van der Waals surface area (Å²) in [6.45, 7) is 8.37. The Hall–Kier alpha value is -0.120. The number of likely N-dealkylation sites (tertiary alicyclic amines) is 1.